The molecule has 6 heteroatoms. The lowest BCUT2D eigenvalue weighted by atomic mass is 10.2. The average molecular weight is 214 g/mol. The van der Waals surface area contributed by atoms with Crippen LogP contribution in [0.25, 0.3) is 0 Å². The van der Waals surface area contributed by atoms with E-state index in [1.165, 1.54) is 11.3 Å². The number of anilines is 1. The number of rotatable bonds is 2. The number of aromatic nitrogens is 1. The van der Waals surface area contributed by atoms with Crippen LogP contribution in [0.15, 0.2) is 11.6 Å². The van der Waals surface area contributed by atoms with Crippen LogP contribution in [0.3, 0.4) is 0 Å². The van der Waals surface area contributed by atoms with Crippen molar-refractivity contribution < 1.29 is 15.0 Å². The highest BCUT2D eigenvalue weighted by molar-refractivity contribution is 7.13. The molecule has 1 aliphatic rings. The van der Waals surface area contributed by atoms with Crippen molar-refractivity contribution in [3.05, 3.63) is 11.6 Å². The van der Waals surface area contributed by atoms with E-state index in [0.717, 1.165) is 0 Å². The SMILES string of the molecule is O=C(O)C1CC(O)CN1c1nccs1. The molecular weight excluding hydrogens is 204 g/mol. The van der Waals surface area contributed by atoms with Crippen molar-refractivity contribution >= 4 is 22.4 Å². The number of hydrogen-bond acceptors (Lipinski definition) is 5. The molecule has 2 heterocycles. The van der Waals surface area contributed by atoms with Crippen molar-refractivity contribution in [3.8, 4) is 0 Å². The van der Waals surface area contributed by atoms with Crippen molar-refractivity contribution in [3.63, 3.8) is 0 Å². The van der Waals surface area contributed by atoms with Gasteiger partial charge in [-0.3, -0.25) is 0 Å². The second-order valence-electron chi connectivity index (χ2n) is 3.21. The molecule has 0 spiro atoms. The smallest absolute Gasteiger partial charge is 0.326 e. The van der Waals surface area contributed by atoms with Crippen molar-refractivity contribution in [2.45, 2.75) is 18.6 Å². The van der Waals surface area contributed by atoms with Gasteiger partial charge in [0.25, 0.3) is 0 Å². The average Bonchev–Trinajstić information content (AvgIpc) is 2.70. The predicted octanol–water partition coefficient (Wildman–Crippen LogP) is 0.167. The van der Waals surface area contributed by atoms with E-state index >= 15 is 0 Å². The minimum absolute atomic E-state index is 0.273. The monoisotopic (exact) mass is 214 g/mol. The van der Waals surface area contributed by atoms with Gasteiger partial charge in [0, 0.05) is 24.5 Å². The van der Waals surface area contributed by atoms with E-state index in [0.29, 0.717) is 11.7 Å². The zero-order valence-electron chi connectivity index (χ0n) is 7.33. The quantitative estimate of drug-likeness (QED) is 0.734. The number of aliphatic carboxylic acids is 1. The van der Waals surface area contributed by atoms with Gasteiger partial charge in [-0.2, -0.15) is 0 Å². The van der Waals surface area contributed by atoms with E-state index in [2.05, 4.69) is 4.98 Å². The summed E-state index contributed by atoms with van der Waals surface area (Å²) in [6.45, 7) is 0.352. The van der Waals surface area contributed by atoms with E-state index in [4.69, 9.17) is 5.11 Å². The third-order valence-corrected chi connectivity index (χ3v) is 3.04. The van der Waals surface area contributed by atoms with Gasteiger partial charge >= 0.3 is 5.97 Å². The lowest BCUT2D eigenvalue weighted by molar-refractivity contribution is -0.138. The van der Waals surface area contributed by atoms with Crippen LogP contribution in [-0.2, 0) is 4.79 Å². The van der Waals surface area contributed by atoms with E-state index < -0.39 is 18.1 Å². The molecule has 1 fully saturated rings. The molecule has 2 unspecified atom stereocenters. The van der Waals surface area contributed by atoms with Crippen LogP contribution in [0.5, 0.6) is 0 Å². The molecule has 76 valence electrons. The summed E-state index contributed by atoms with van der Waals surface area (Å²) in [5.74, 6) is -0.906. The number of carboxylic acid groups (broad SMARTS) is 1. The van der Waals surface area contributed by atoms with Crippen molar-refractivity contribution in [2.75, 3.05) is 11.4 Å². The highest BCUT2D eigenvalue weighted by atomic mass is 32.1. The minimum Gasteiger partial charge on any atom is -0.480 e. The molecule has 1 aromatic rings. The first-order valence-corrected chi connectivity index (χ1v) is 5.13. The fourth-order valence-electron chi connectivity index (χ4n) is 1.62. The van der Waals surface area contributed by atoms with Crippen LogP contribution in [0.2, 0.25) is 0 Å². The van der Waals surface area contributed by atoms with Gasteiger partial charge in [0.1, 0.15) is 6.04 Å². The summed E-state index contributed by atoms with van der Waals surface area (Å²) in [5, 5.41) is 20.8. The van der Waals surface area contributed by atoms with Crippen LogP contribution in [0, 0.1) is 0 Å². The van der Waals surface area contributed by atoms with Gasteiger partial charge < -0.3 is 15.1 Å². The Hall–Kier alpha value is -1.14. The first-order chi connectivity index (χ1) is 6.68. The summed E-state index contributed by atoms with van der Waals surface area (Å²) in [6.07, 6.45) is 1.33. The fraction of sp³-hybridized carbons (Fsp3) is 0.500. The Bertz CT molecular complexity index is 327. The van der Waals surface area contributed by atoms with E-state index in [1.807, 2.05) is 0 Å². The standard InChI is InChI=1S/C8H10N2O3S/c11-5-3-6(7(12)13)10(4-5)8-9-1-2-14-8/h1-2,5-6,11H,3-4H2,(H,12,13). The maximum absolute atomic E-state index is 10.9. The third-order valence-electron chi connectivity index (χ3n) is 2.23. The Morgan fingerprint density at radius 3 is 3.07 bits per heavy atom. The molecule has 2 N–H and O–H groups in total. The Labute approximate surface area is 84.6 Å². The molecule has 2 rings (SSSR count). The zero-order valence-corrected chi connectivity index (χ0v) is 8.15. The molecule has 14 heavy (non-hydrogen) atoms. The molecule has 1 aromatic heterocycles. The molecule has 1 saturated heterocycles. The molecule has 0 aromatic carbocycles. The first kappa shape index (κ1) is 9.42. The maximum atomic E-state index is 10.9. The summed E-state index contributed by atoms with van der Waals surface area (Å²) in [6, 6.07) is -0.642. The molecule has 0 saturated carbocycles. The van der Waals surface area contributed by atoms with Crippen molar-refractivity contribution in [2.24, 2.45) is 0 Å². The first-order valence-electron chi connectivity index (χ1n) is 4.25. The minimum atomic E-state index is -0.906. The summed E-state index contributed by atoms with van der Waals surface area (Å²) >= 11 is 1.38. The van der Waals surface area contributed by atoms with Gasteiger partial charge in [0.15, 0.2) is 5.13 Å². The number of β-amino-alcohol motifs (C(OH)–C–C–N with tert-alkyl or cyclic N) is 1. The number of hydrogen-bond donors (Lipinski definition) is 2. The Kier molecular flexibility index (Phi) is 2.39. The van der Waals surface area contributed by atoms with Crippen LogP contribution < -0.4 is 4.90 Å². The second kappa shape index (κ2) is 3.55. The van der Waals surface area contributed by atoms with Gasteiger partial charge in [-0.05, 0) is 0 Å². The lowest BCUT2D eigenvalue weighted by Crippen LogP contribution is -2.35. The fourth-order valence-corrected chi connectivity index (χ4v) is 2.32. The number of aliphatic hydroxyl groups excluding tert-OH is 1. The maximum Gasteiger partial charge on any atom is 0.326 e. The Morgan fingerprint density at radius 1 is 1.71 bits per heavy atom. The van der Waals surface area contributed by atoms with Crippen molar-refractivity contribution in [1.82, 2.24) is 4.98 Å². The molecule has 0 bridgehead atoms. The Balaban J connectivity index is 2.21. The van der Waals surface area contributed by atoms with Gasteiger partial charge in [-0.1, -0.05) is 0 Å². The normalized spacial score (nSPS) is 26.8. The molecular formula is C8H10N2O3S. The van der Waals surface area contributed by atoms with Crippen molar-refractivity contribution in [1.29, 1.82) is 0 Å². The van der Waals surface area contributed by atoms with Gasteiger partial charge in [-0.25, -0.2) is 9.78 Å². The van der Waals surface area contributed by atoms with Crippen LogP contribution in [0.1, 0.15) is 6.42 Å². The number of aliphatic hydroxyl groups is 1. The van der Waals surface area contributed by atoms with Gasteiger partial charge in [0.05, 0.1) is 6.10 Å². The second-order valence-corrected chi connectivity index (χ2v) is 4.08. The van der Waals surface area contributed by atoms with E-state index in [9.17, 15) is 9.90 Å². The topological polar surface area (TPSA) is 73.7 Å². The van der Waals surface area contributed by atoms with Gasteiger partial charge in [0.2, 0.25) is 0 Å². The number of thiazole rings is 1. The van der Waals surface area contributed by atoms with Crippen LogP contribution in [-0.4, -0.2) is 39.9 Å². The molecule has 1 aliphatic heterocycles. The number of carbonyl (C=O) groups is 1. The van der Waals surface area contributed by atoms with E-state index in [1.54, 1.807) is 16.5 Å². The number of carboxylic acids is 1. The van der Waals surface area contributed by atoms with E-state index in [-0.39, 0.29) is 6.42 Å². The molecule has 5 nitrogen and oxygen atoms in total. The highest BCUT2D eigenvalue weighted by Gasteiger charge is 2.37. The summed E-state index contributed by atoms with van der Waals surface area (Å²) < 4.78 is 0. The Morgan fingerprint density at radius 2 is 2.50 bits per heavy atom. The van der Waals surface area contributed by atoms with Crippen LogP contribution in [0.4, 0.5) is 5.13 Å². The third kappa shape index (κ3) is 1.58. The summed E-state index contributed by atoms with van der Waals surface area (Å²) in [4.78, 5) is 16.5. The highest BCUT2D eigenvalue weighted by Crippen LogP contribution is 2.27. The predicted molar refractivity (Wildman–Crippen MR) is 51.5 cm³/mol. The molecule has 0 radical (unpaired) electrons. The zero-order chi connectivity index (χ0) is 10.1. The molecule has 0 amide bonds. The van der Waals surface area contributed by atoms with Crippen LogP contribution >= 0.6 is 11.3 Å². The lowest BCUT2D eigenvalue weighted by Gasteiger charge is -2.19. The summed E-state index contributed by atoms with van der Waals surface area (Å²) in [7, 11) is 0. The largest absolute Gasteiger partial charge is 0.480 e. The van der Waals surface area contributed by atoms with Gasteiger partial charge in [-0.15, -0.1) is 11.3 Å². The summed E-state index contributed by atoms with van der Waals surface area (Å²) in [5.41, 5.74) is 0. The molecule has 2 atom stereocenters. The molecule has 0 aliphatic carbocycles. The number of nitrogens with zero attached hydrogens (tertiary/aromatic N) is 2.